The zero-order valence-corrected chi connectivity index (χ0v) is 22.1. The van der Waals surface area contributed by atoms with E-state index in [0.717, 1.165) is 31.5 Å². The zero-order valence-electron chi connectivity index (χ0n) is 22.1. The fraction of sp³-hybridized carbons (Fsp3) is 0.533. The number of nitrogens with zero attached hydrogens (tertiary/aromatic N) is 1. The molecule has 0 radical (unpaired) electrons. The third kappa shape index (κ3) is 8.00. The number of piperidine rings is 1. The molecule has 6 heteroatoms. The maximum absolute atomic E-state index is 13.1. The molecule has 2 aromatic rings. The molecule has 1 unspecified atom stereocenters. The first-order valence-corrected chi connectivity index (χ1v) is 13.4. The van der Waals surface area contributed by atoms with Crippen LogP contribution in [0.3, 0.4) is 0 Å². The van der Waals surface area contributed by atoms with Crippen molar-refractivity contribution in [1.29, 1.82) is 0 Å². The predicted octanol–water partition coefficient (Wildman–Crippen LogP) is 6.29. The van der Waals surface area contributed by atoms with Crippen LogP contribution in [0.25, 0.3) is 0 Å². The van der Waals surface area contributed by atoms with Crippen LogP contribution in [0.1, 0.15) is 89.3 Å². The first kappa shape index (κ1) is 27.6. The minimum absolute atomic E-state index is 0.0107. The number of rotatable bonds is 13. The molecule has 36 heavy (non-hydrogen) atoms. The van der Waals surface area contributed by atoms with Crippen LogP contribution in [0.15, 0.2) is 48.5 Å². The van der Waals surface area contributed by atoms with Crippen molar-refractivity contribution < 1.29 is 19.4 Å². The second-order valence-corrected chi connectivity index (χ2v) is 10.3. The average Bonchev–Trinajstić information content (AvgIpc) is 2.87. The molecule has 0 bridgehead atoms. The number of nitrogens with one attached hydrogen (secondary N) is 1. The fourth-order valence-corrected chi connectivity index (χ4v) is 4.73. The van der Waals surface area contributed by atoms with Crippen molar-refractivity contribution >= 4 is 17.6 Å². The molecule has 1 aliphatic rings. The second-order valence-electron chi connectivity index (χ2n) is 10.3. The molecule has 0 aromatic heterocycles. The number of anilines is 1. The van der Waals surface area contributed by atoms with E-state index >= 15 is 0 Å². The van der Waals surface area contributed by atoms with Crippen molar-refractivity contribution in [1.82, 2.24) is 5.32 Å². The Morgan fingerprint density at radius 3 is 2.36 bits per heavy atom. The lowest BCUT2D eigenvalue weighted by atomic mass is 9.96. The summed E-state index contributed by atoms with van der Waals surface area (Å²) in [5.74, 6) is -0.569. The molecule has 6 nitrogen and oxygen atoms in total. The molecule has 2 aromatic carbocycles. The highest BCUT2D eigenvalue weighted by molar-refractivity contribution is 5.79. The molecule has 0 spiro atoms. The van der Waals surface area contributed by atoms with Gasteiger partial charge in [-0.2, -0.15) is 0 Å². The topological polar surface area (TPSA) is 78.9 Å². The van der Waals surface area contributed by atoms with Crippen LogP contribution >= 0.6 is 0 Å². The molecule has 3 rings (SSSR count). The number of aliphatic carboxylic acids is 1. The molecule has 1 saturated heterocycles. The van der Waals surface area contributed by atoms with E-state index in [4.69, 9.17) is 4.74 Å². The van der Waals surface area contributed by atoms with Gasteiger partial charge in [-0.05, 0) is 68.9 Å². The van der Waals surface area contributed by atoms with Crippen LogP contribution in [0.2, 0.25) is 0 Å². The molecule has 1 heterocycles. The lowest BCUT2D eigenvalue weighted by molar-refractivity contribution is -0.152. The number of unbranched alkanes of at least 4 members (excludes halogenated alkanes) is 3. The SMILES string of the molecule is CCCCCCC(NC(=O)Cc1ccc(OC(C)(C)C(=O)O)cc1)c1ccccc1N1CCCCC1. The molecular formula is C30H42N2O4. The van der Waals surface area contributed by atoms with Crippen LogP contribution in [-0.4, -0.2) is 35.7 Å². The van der Waals surface area contributed by atoms with Gasteiger partial charge in [0.1, 0.15) is 5.75 Å². The van der Waals surface area contributed by atoms with Gasteiger partial charge in [-0.25, -0.2) is 4.79 Å². The smallest absolute Gasteiger partial charge is 0.347 e. The number of ether oxygens (including phenoxy) is 1. The van der Waals surface area contributed by atoms with Crippen molar-refractivity contribution in [2.24, 2.45) is 0 Å². The van der Waals surface area contributed by atoms with Gasteiger partial charge in [-0.15, -0.1) is 0 Å². The quantitative estimate of drug-likeness (QED) is 0.320. The molecule has 1 atom stereocenters. The van der Waals surface area contributed by atoms with Crippen LogP contribution < -0.4 is 15.0 Å². The number of hydrogen-bond acceptors (Lipinski definition) is 4. The minimum atomic E-state index is -1.31. The number of carbonyl (C=O) groups is 2. The zero-order chi connectivity index (χ0) is 26.0. The normalized spacial score (nSPS) is 14.8. The van der Waals surface area contributed by atoms with E-state index in [1.807, 2.05) is 12.1 Å². The summed E-state index contributed by atoms with van der Waals surface area (Å²) in [4.78, 5) is 26.9. The lowest BCUT2D eigenvalue weighted by Gasteiger charge is -2.33. The third-order valence-electron chi connectivity index (χ3n) is 6.87. The van der Waals surface area contributed by atoms with Crippen molar-refractivity contribution in [3.05, 3.63) is 59.7 Å². The van der Waals surface area contributed by atoms with Crippen molar-refractivity contribution in [2.75, 3.05) is 18.0 Å². The average molecular weight is 495 g/mol. The van der Waals surface area contributed by atoms with Crippen molar-refractivity contribution in [2.45, 2.75) is 90.2 Å². The van der Waals surface area contributed by atoms with E-state index in [1.54, 1.807) is 12.1 Å². The Bertz CT molecular complexity index is 981. The van der Waals surface area contributed by atoms with E-state index in [2.05, 4.69) is 41.4 Å². The van der Waals surface area contributed by atoms with Gasteiger partial charge >= 0.3 is 5.97 Å². The Balaban J connectivity index is 1.70. The number of para-hydroxylation sites is 1. The largest absolute Gasteiger partial charge is 0.478 e. The van der Waals surface area contributed by atoms with E-state index < -0.39 is 11.6 Å². The summed E-state index contributed by atoms with van der Waals surface area (Å²) in [6.45, 7) is 7.38. The van der Waals surface area contributed by atoms with E-state index in [1.165, 1.54) is 63.6 Å². The summed E-state index contributed by atoms with van der Waals surface area (Å²) in [6.07, 6.45) is 9.55. The van der Waals surface area contributed by atoms with Gasteiger partial charge < -0.3 is 20.1 Å². The molecule has 0 aliphatic carbocycles. The maximum Gasteiger partial charge on any atom is 0.347 e. The van der Waals surface area contributed by atoms with Crippen molar-refractivity contribution in [3.63, 3.8) is 0 Å². The van der Waals surface area contributed by atoms with Gasteiger partial charge in [0, 0.05) is 18.8 Å². The Morgan fingerprint density at radius 1 is 1.00 bits per heavy atom. The lowest BCUT2D eigenvalue weighted by Crippen LogP contribution is -2.37. The molecule has 2 N–H and O–H groups in total. The summed E-state index contributed by atoms with van der Waals surface area (Å²) in [7, 11) is 0. The molecular weight excluding hydrogens is 452 g/mol. The molecule has 1 aliphatic heterocycles. The minimum Gasteiger partial charge on any atom is -0.478 e. The molecule has 1 amide bonds. The predicted molar refractivity (Wildman–Crippen MR) is 145 cm³/mol. The number of amides is 1. The summed E-state index contributed by atoms with van der Waals surface area (Å²) in [6, 6.07) is 15.6. The number of carbonyl (C=O) groups excluding carboxylic acids is 1. The van der Waals surface area contributed by atoms with E-state index in [9.17, 15) is 14.7 Å². The van der Waals surface area contributed by atoms with Gasteiger partial charge in [-0.3, -0.25) is 4.79 Å². The summed E-state index contributed by atoms with van der Waals surface area (Å²) in [5, 5.41) is 12.6. The Morgan fingerprint density at radius 2 is 1.69 bits per heavy atom. The van der Waals surface area contributed by atoms with E-state index in [0.29, 0.717) is 5.75 Å². The highest BCUT2D eigenvalue weighted by atomic mass is 16.5. The first-order valence-electron chi connectivity index (χ1n) is 13.4. The summed E-state index contributed by atoms with van der Waals surface area (Å²) in [5.41, 5.74) is 2.01. The van der Waals surface area contributed by atoms with Gasteiger partial charge in [-0.1, -0.05) is 62.9 Å². The fourth-order valence-electron chi connectivity index (χ4n) is 4.73. The maximum atomic E-state index is 13.1. The first-order chi connectivity index (χ1) is 17.3. The Hall–Kier alpha value is -3.02. The highest BCUT2D eigenvalue weighted by Crippen LogP contribution is 2.32. The third-order valence-corrected chi connectivity index (χ3v) is 6.87. The van der Waals surface area contributed by atoms with Crippen LogP contribution in [-0.2, 0) is 16.0 Å². The molecule has 1 fully saturated rings. The van der Waals surface area contributed by atoms with Crippen LogP contribution in [0.5, 0.6) is 5.75 Å². The van der Waals surface area contributed by atoms with Gasteiger partial charge in [0.25, 0.3) is 0 Å². The standard InChI is InChI=1S/C30H42N2O4/c1-4-5-6-8-14-26(25-13-9-10-15-27(25)32-20-11-7-12-21-32)31-28(33)22-23-16-18-24(19-17-23)36-30(2,3)29(34)35/h9-10,13,15-19,26H,4-8,11-12,14,20-22H2,1-3H3,(H,31,33)(H,34,35). The second kappa shape index (κ2) is 13.3. The Labute approximate surface area is 216 Å². The van der Waals surface area contributed by atoms with Crippen LogP contribution in [0, 0.1) is 0 Å². The number of carboxylic acids is 1. The number of hydrogen-bond donors (Lipinski definition) is 2. The summed E-state index contributed by atoms with van der Waals surface area (Å²) >= 11 is 0. The van der Waals surface area contributed by atoms with Gasteiger partial charge in [0.2, 0.25) is 5.91 Å². The monoisotopic (exact) mass is 494 g/mol. The van der Waals surface area contributed by atoms with Crippen molar-refractivity contribution in [3.8, 4) is 5.75 Å². The van der Waals surface area contributed by atoms with E-state index in [-0.39, 0.29) is 18.4 Å². The molecule has 196 valence electrons. The van der Waals surface area contributed by atoms with Gasteiger partial charge in [0.05, 0.1) is 12.5 Å². The van der Waals surface area contributed by atoms with Gasteiger partial charge in [0.15, 0.2) is 5.60 Å². The summed E-state index contributed by atoms with van der Waals surface area (Å²) < 4.78 is 5.58. The number of carboxylic acid groups (broad SMARTS) is 1. The number of benzene rings is 2. The Kier molecular flexibility index (Phi) is 10.2. The highest BCUT2D eigenvalue weighted by Gasteiger charge is 2.29. The molecule has 0 saturated carbocycles. The van der Waals surface area contributed by atoms with Crippen LogP contribution in [0.4, 0.5) is 5.69 Å².